The van der Waals surface area contributed by atoms with Gasteiger partial charge in [0.15, 0.2) is 12.4 Å². The van der Waals surface area contributed by atoms with Gasteiger partial charge in [-0.2, -0.15) is 18.2 Å². The molecule has 0 aliphatic rings. The molecule has 1 aromatic rings. The first-order valence-corrected chi connectivity index (χ1v) is 4.81. The van der Waals surface area contributed by atoms with Crippen molar-refractivity contribution in [3.8, 4) is 5.88 Å². The predicted molar refractivity (Wildman–Crippen MR) is 53.3 cm³/mol. The molecule has 0 amide bonds. The van der Waals surface area contributed by atoms with Gasteiger partial charge in [-0.1, -0.05) is 0 Å². The maximum atomic E-state index is 11.9. The van der Waals surface area contributed by atoms with Gasteiger partial charge in [0.1, 0.15) is 12.4 Å². The van der Waals surface area contributed by atoms with Crippen molar-refractivity contribution in [2.45, 2.75) is 19.7 Å². The van der Waals surface area contributed by atoms with Crippen LogP contribution in [0.2, 0.25) is 0 Å². The van der Waals surface area contributed by atoms with Crippen LogP contribution in [0.25, 0.3) is 0 Å². The molecule has 0 spiro atoms. The Kier molecular flexibility index (Phi) is 4.50. The molecule has 1 rings (SSSR count). The number of hydrogen-bond donors (Lipinski definition) is 1. The van der Waals surface area contributed by atoms with E-state index in [1.807, 2.05) is 0 Å². The van der Waals surface area contributed by atoms with Crippen molar-refractivity contribution >= 4 is 5.82 Å². The van der Waals surface area contributed by atoms with Gasteiger partial charge in [-0.15, -0.1) is 0 Å². The zero-order valence-electron chi connectivity index (χ0n) is 9.12. The Bertz CT molecular complexity index is 371. The summed E-state index contributed by atoms with van der Waals surface area (Å²) in [6, 6.07) is 1.13. The van der Waals surface area contributed by atoms with E-state index >= 15 is 0 Å². The minimum atomic E-state index is -4.42. The van der Waals surface area contributed by atoms with Gasteiger partial charge >= 0.3 is 6.18 Å². The van der Waals surface area contributed by atoms with E-state index in [4.69, 9.17) is 10.5 Å². The normalized spacial score (nSPS) is 11.5. The SMILES string of the molecule is CCOCc1nc(N)cc(OCC(F)(F)F)n1. The van der Waals surface area contributed by atoms with Gasteiger partial charge in [0.05, 0.1) is 0 Å². The maximum absolute atomic E-state index is 11.9. The minimum absolute atomic E-state index is 0.0341. The average molecular weight is 251 g/mol. The highest BCUT2D eigenvalue weighted by Crippen LogP contribution is 2.18. The molecule has 1 aromatic heterocycles. The van der Waals surface area contributed by atoms with Crippen LogP contribution in [0.3, 0.4) is 0 Å². The monoisotopic (exact) mass is 251 g/mol. The number of alkyl halides is 3. The Morgan fingerprint density at radius 1 is 1.35 bits per heavy atom. The smallest absolute Gasteiger partial charge is 0.422 e. The number of nitrogen functional groups attached to an aromatic ring is 1. The molecule has 1 heterocycles. The van der Waals surface area contributed by atoms with E-state index in [0.717, 1.165) is 6.07 Å². The lowest BCUT2D eigenvalue weighted by Crippen LogP contribution is -2.20. The molecule has 0 radical (unpaired) electrons. The zero-order chi connectivity index (χ0) is 12.9. The molecule has 0 aromatic carbocycles. The van der Waals surface area contributed by atoms with Gasteiger partial charge in [-0.05, 0) is 6.92 Å². The molecular formula is C9H12F3N3O2. The van der Waals surface area contributed by atoms with Crippen molar-refractivity contribution in [1.29, 1.82) is 0 Å². The first-order valence-electron chi connectivity index (χ1n) is 4.81. The van der Waals surface area contributed by atoms with Crippen molar-refractivity contribution in [2.75, 3.05) is 18.9 Å². The number of rotatable bonds is 5. The van der Waals surface area contributed by atoms with E-state index in [2.05, 4.69) is 14.7 Å². The van der Waals surface area contributed by atoms with Gasteiger partial charge in [-0.3, -0.25) is 0 Å². The first kappa shape index (κ1) is 13.5. The first-order chi connectivity index (χ1) is 7.90. The summed E-state index contributed by atoms with van der Waals surface area (Å²) in [5, 5.41) is 0. The highest BCUT2D eigenvalue weighted by atomic mass is 19.4. The van der Waals surface area contributed by atoms with Crippen LogP contribution in [0.15, 0.2) is 6.07 Å². The van der Waals surface area contributed by atoms with Crippen LogP contribution in [0.1, 0.15) is 12.7 Å². The number of hydrogen-bond acceptors (Lipinski definition) is 5. The Hall–Kier alpha value is -1.57. The lowest BCUT2D eigenvalue weighted by Gasteiger charge is -2.09. The van der Waals surface area contributed by atoms with Crippen molar-refractivity contribution in [1.82, 2.24) is 9.97 Å². The van der Waals surface area contributed by atoms with Crippen LogP contribution < -0.4 is 10.5 Å². The summed E-state index contributed by atoms with van der Waals surface area (Å²) in [5.74, 6) is 0.000398. The molecule has 0 saturated heterocycles. The van der Waals surface area contributed by atoms with Crippen molar-refractivity contribution in [3.05, 3.63) is 11.9 Å². The Labute approximate surface area is 95.8 Å². The summed E-state index contributed by atoms with van der Waals surface area (Å²) in [6.07, 6.45) is -4.42. The molecule has 0 unspecified atom stereocenters. The highest BCUT2D eigenvalue weighted by Gasteiger charge is 2.28. The molecule has 0 saturated carbocycles. The highest BCUT2D eigenvalue weighted by molar-refractivity contribution is 5.32. The number of nitrogens with two attached hydrogens (primary N) is 1. The second-order valence-corrected chi connectivity index (χ2v) is 3.09. The fourth-order valence-electron chi connectivity index (χ4n) is 0.980. The molecule has 0 aliphatic heterocycles. The number of halogens is 3. The third-order valence-electron chi connectivity index (χ3n) is 1.59. The van der Waals surface area contributed by atoms with Crippen LogP contribution in [-0.2, 0) is 11.3 Å². The molecular weight excluding hydrogens is 239 g/mol. The topological polar surface area (TPSA) is 70.3 Å². The summed E-state index contributed by atoms with van der Waals surface area (Å²) >= 11 is 0. The maximum Gasteiger partial charge on any atom is 0.422 e. The quantitative estimate of drug-likeness (QED) is 0.859. The van der Waals surface area contributed by atoms with Gasteiger partial charge in [0, 0.05) is 12.7 Å². The van der Waals surface area contributed by atoms with Gasteiger partial charge in [0.25, 0.3) is 0 Å². The number of ether oxygens (including phenoxy) is 2. The van der Waals surface area contributed by atoms with E-state index < -0.39 is 12.8 Å². The Morgan fingerprint density at radius 2 is 2.06 bits per heavy atom. The Balaban J connectivity index is 2.68. The molecule has 8 heteroatoms. The molecule has 96 valence electrons. The molecule has 5 nitrogen and oxygen atoms in total. The molecule has 0 atom stereocenters. The fourth-order valence-corrected chi connectivity index (χ4v) is 0.980. The summed E-state index contributed by atoms with van der Waals surface area (Å²) < 4.78 is 45.2. The van der Waals surface area contributed by atoms with Crippen LogP contribution >= 0.6 is 0 Å². The number of aromatic nitrogens is 2. The van der Waals surface area contributed by atoms with E-state index in [-0.39, 0.29) is 24.1 Å². The van der Waals surface area contributed by atoms with Crippen LogP contribution in [0.5, 0.6) is 5.88 Å². The van der Waals surface area contributed by atoms with Gasteiger partial charge < -0.3 is 15.2 Å². The third kappa shape index (κ3) is 5.34. The van der Waals surface area contributed by atoms with Gasteiger partial charge in [0.2, 0.25) is 5.88 Å². The molecule has 0 aliphatic carbocycles. The zero-order valence-corrected chi connectivity index (χ0v) is 9.12. The second-order valence-electron chi connectivity index (χ2n) is 3.09. The molecule has 0 bridgehead atoms. The summed E-state index contributed by atoms with van der Waals surface area (Å²) in [7, 11) is 0. The summed E-state index contributed by atoms with van der Waals surface area (Å²) in [5.41, 5.74) is 5.40. The van der Waals surface area contributed by atoms with Crippen LogP contribution in [0.4, 0.5) is 19.0 Å². The van der Waals surface area contributed by atoms with E-state index in [9.17, 15) is 13.2 Å². The molecule has 17 heavy (non-hydrogen) atoms. The second kappa shape index (κ2) is 5.67. The molecule has 2 N–H and O–H groups in total. The van der Waals surface area contributed by atoms with Crippen LogP contribution in [0, 0.1) is 0 Å². The lowest BCUT2D eigenvalue weighted by molar-refractivity contribution is -0.154. The summed E-state index contributed by atoms with van der Waals surface area (Å²) in [6.45, 7) is 0.867. The number of nitrogens with zero attached hydrogens (tertiary/aromatic N) is 2. The fraction of sp³-hybridized carbons (Fsp3) is 0.556. The van der Waals surface area contributed by atoms with Gasteiger partial charge in [-0.25, -0.2) is 4.98 Å². The van der Waals surface area contributed by atoms with Crippen LogP contribution in [-0.4, -0.2) is 29.4 Å². The summed E-state index contributed by atoms with van der Waals surface area (Å²) in [4.78, 5) is 7.53. The predicted octanol–water partition coefficient (Wildman–Crippen LogP) is 1.54. The van der Waals surface area contributed by atoms with E-state index in [0.29, 0.717) is 6.61 Å². The Morgan fingerprint density at radius 3 is 2.65 bits per heavy atom. The van der Waals surface area contributed by atoms with Crippen molar-refractivity contribution < 1.29 is 22.6 Å². The molecule has 0 fully saturated rings. The minimum Gasteiger partial charge on any atom is -0.468 e. The van der Waals surface area contributed by atoms with E-state index in [1.165, 1.54) is 0 Å². The van der Waals surface area contributed by atoms with Crippen molar-refractivity contribution in [3.63, 3.8) is 0 Å². The standard InChI is InChI=1S/C9H12F3N3O2/c1-2-16-4-7-14-6(13)3-8(15-7)17-5-9(10,11)12/h3H,2,4-5H2,1H3,(H2,13,14,15). The number of anilines is 1. The third-order valence-corrected chi connectivity index (χ3v) is 1.59. The van der Waals surface area contributed by atoms with E-state index in [1.54, 1.807) is 6.92 Å². The lowest BCUT2D eigenvalue weighted by atomic mass is 10.5. The largest absolute Gasteiger partial charge is 0.468 e. The average Bonchev–Trinajstić information content (AvgIpc) is 2.22. The van der Waals surface area contributed by atoms with Crippen molar-refractivity contribution in [2.24, 2.45) is 0 Å².